The molecule has 0 aliphatic rings. The molecular formula is C16H18BrN5O2. The molecule has 3 heterocycles. The van der Waals surface area contributed by atoms with Gasteiger partial charge in [-0.05, 0) is 48.0 Å². The number of hydrogen-bond acceptors (Lipinski definition) is 4. The van der Waals surface area contributed by atoms with Gasteiger partial charge in [-0.2, -0.15) is 10.2 Å². The van der Waals surface area contributed by atoms with Crippen LogP contribution in [0.15, 0.2) is 27.3 Å². The van der Waals surface area contributed by atoms with E-state index in [4.69, 9.17) is 4.42 Å². The molecule has 0 aromatic carbocycles. The summed E-state index contributed by atoms with van der Waals surface area (Å²) in [7, 11) is 3.61. The Labute approximate surface area is 147 Å². The Hall–Kier alpha value is -2.35. The van der Waals surface area contributed by atoms with Gasteiger partial charge in [-0.15, -0.1) is 0 Å². The second-order valence-corrected chi connectivity index (χ2v) is 6.48. The molecule has 126 valence electrons. The fraction of sp³-hybridized carbons (Fsp3) is 0.312. The third-order valence-electron chi connectivity index (χ3n) is 3.94. The van der Waals surface area contributed by atoms with Gasteiger partial charge in [0.25, 0.3) is 5.91 Å². The summed E-state index contributed by atoms with van der Waals surface area (Å²) in [5, 5.41) is 11.5. The van der Waals surface area contributed by atoms with Crippen molar-refractivity contribution in [2.75, 3.05) is 7.05 Å². The van der Waals surface area contributed by atoms with Gasteiger partial charge in [-0.3, -0.25) is 14.6 Å². The number of furan rings is 1. The van der Waals surface area contributed by atoms with Crippen molar-refractivity contribution < 1.29 is 9.21 Å². The highest BCUT2D eigenvalue weighted by Gasteiger charge is 2.19. The lowest BCUT2D eigenvalue weighted by molar-refractivity contribution is 0.0769. The van der Waals surface area contributed by atoms with Gasteiger partial charge < -0.3 is 9.32 Å². The highest BCUT2D eigenvalue weighted by Crippen LogP contribution is 2.25. The molecular weight excluding hydrogens is 374 g/mol. The number of amides is 1. The van der Waals surface area contributed by atoms with E-state index < -0.39 is 0 Å². The third-order valence-corrected chi connectivity index (χ3v) is 4.37. The van der Waals surface area contributed by atoms with Crippen LogP contribution in [0.4, 0.5) is 0 Å². The van der Waals surface area contributed by atoms with Gasteiger partial charge in [-0.1, -0.05) is 0 Å². The highest BCUT2D eigenvalue weighted by molar-refractivity contribution is 9.10. The number of nitrogens with zero attached hydrogens (tertiary/aromatic N) is 4. The fourth-order valence-electron chi connectivity index (χ4n) is 2.65. The number of H-pyrrole nitrogens is 1. The van der Waals surface area contributed by atoms with Crippen LogP contribution in [0.25, 0.3) is 11.3 Å². The van der Waals surface area contributed by atoms with Crippen LogP contribution in [0.2, 0.25) is 0 Å². The molecule has 7 nitrogen and oxygen atoms in total. The Balaban J connectivity index is 1.80. The first-order valence-electron chi connectivity index (χ1n) is 7.42. The minimum Gasteiger partial charge on any atom is -0.452 e. The lowest BCUT2D eigenvalue weighted by atomic mass is 10.1. The van der Waals surface area contributed by atoms with Gasteiger partial charge in [0, 0.05) is 25.4 Å². The van der Waals surface area contributed by atoms with E-state index in [9.17, 15) is 4.79 Å². The molecule has 3 aromatic rings. The number of aromatic nitrogens is 4. The quantitative estimate of drug-likeness (QED) is 0.740. The normalized spacial score (nSPS) is 11.0. The zero-order chi connectivity index (χ0) is 17.4. The molecule has 0 bridgehead atoms. The molecule has 0 fully saturated rings. The molecule has 1 amide bonds. The first-order chi connectivity index (χ1) is 11.4. The van der Waals surface area contributed by atoms with Crippen molar-refractivity contribution in [3.8, 4) is 11.3 Å². The Morgan fingerprint density at radius 3 is 2.75 bits per heavy atom. The Kier molecular flexibility index (Phi) is 4.31. The van der Waals surface area contributed by atoms with E-state index in [2.05, 4.69) is 31.2 Å². The summed E-state index contributed by atoms with van der Waals surface area (Å²) >= 11 is 3.25. The van der Waals surface area contributed by atoms with E-state index >= 15 is 0 Å². The average molecular weight is 392 g/mol. The summed E-state index contributed by atoms with van der Waals surface area (Å²) in [6.07, 6.45) is 0. The molecule has 0 spiro atoms. The van der Waals surface area contributed by atoms with Crippen LogP contribution in [0.5, 0.6) is 0 Å². The van der Waals surface area contributed by atoms with E-state index in [1.165, 1.54) is 0 Å². The van der Waals surface area contributed by atoms with E-state index in [-0.39, 0.29) is 5.91 Å². The smallest absolute Gasteiger partial charge is 0.272 e. The van der Waals surface area contributed by atoms with Crippen LogP contribution in [0.3, 0.4) is 0 Å². The van der Waals surface area contributed by atoms with Crippen molar-refractivity contribution in [2.24, 2.45) is 7.05 Å². The summed E-state index contributed by atoms with van der Waals surface area (Å²) in [6.45, 7) is 4.29. The van der Waals surface area contributed by atoms with Crippen molar-refractivity contribution in [3.05, 3.63) is 45.7 Å². The topological polar surface area (TPSA) is 80.0 Å². The number of aryl methyl sites for hydroxylation is 2. The predicted octanol–water partition coefficient (Wildman–Crippen LogP) is 3.05. The Morgan fingerprint density at radius 1 is 1.42 bits per heavy atom. The third kappa shape index (κ3) is 3.01. The Bertz CT molecular complexity index is 892. The molecule has 8 heteroatoms. The molecule has 0 saturated heterocycles. The van der Waals surface area contributed by atoms with Crippen LogP contribution >= 0.6 is 15.9 Å². The summed E-state index contributed by atoms with van der Waals surface area (Å²) in [5.74, 6) is 0.553. The van der Waals surface area contributed by atoms with Gasteiger partial charge in [0.15, 0.2) is 4.67 Å². The molecule has 3 rings (SSSR count). The zero-order valence-corrected chi connectivity index (χ0v) is 15.5. The monoisotopic (exact) mass is 391 g/mol. The second-order valence-electron chi connectivity index (χ2n) is 5.70. The van der Waals surface area contributed by atoms with Crippen LogP contribution in [0, 0.1) is 13.8 Å². The molecule has 0 saturated carbocycles. The van der Waals surface area contributed by atoms with Crippen molar-refractivity contribution >= 4 is 21.8 Å². The van der Waals surface area contributed by atoms with Gasteiger partial charge in [0.05, 0.1) is 17.9 Å². The molecule has 3 aromatic heterocycles. The fourth-order valence-corrected chi connectivity index (χ4v) is 2.99. The van der Waals surface area contributed by atoms with Gasteiger partial charge in [0.1, 0.15) is 11.5 Å². The molecule has 0 atom stereocenters. The molecule has 0 aliphatic carbocycles. The van der Waals surface area contributed by atoms with Crippen LogP contribution < -0.4 is 0 Å². The molecule has 0 unspecified atom stereocenters. The number of halogens is 1. The van der Waals surface area contributed by atoms with Crippen LogP contribution in [0.1, 0.15) is 27.6 Å². The van der Waals surface area contributed by atoms with Gasteiger partial charge in [0.2, 0.25) is 0 Å². The molecule has 0 radical (unpaired) electrons. The Morgan fingerprint density at radius 2 is 2.17 bits per heavy atom. The maximum atomic E-state index is 12.6. The number of carbonyl (C=O) groups excluding carboxylic acids is 1. The summed E-state index contributed by atoms with van der Waals surface area (Å²) in [6, 6.07) is 5.39. The number of rotatable bonds is 4. The molecule has 0 aliphatic heterocycles. The average Bonchev–Trinajstić information content (AvgIpc) is 3.20. The number of nitrogens with one attached hydrogen (secondary N) is 1. The number of hydrogen-bond donors (Lipinski definition) is 1. The minimum absolute atomic E-state index is 0.152. The number of carbonyl (C=O) groups is 1. The second kappa shape index (κ2) is 6.27. The maximum Gasteiger partial charge on any atom is 0.272 e. The van der Waals surface area contributed by atoms with Gasteiger partial charge >= 0.3 is 0 Å². The van der Waals surface area contributed by atoms with E-state index in [1.54, 1.807) is 24.1 Å². The summed E-state index contributed by atoms with van der Waals surface area (Å²) in [5.41, 5.74) is 3.99. The van der Waals surface area contributed by atoms with Crippen molar-refractivity contribution in [2.45, 2.75) is 20.4 Å². The predicted molar refractivity (Wildman–Crippen MR) is 92.5 cm³/mol. The minimum atomic E-state index is -0.152. The SMILES string of the molecule is Cc1nn(C)c(C)c1-c1cc(C(=O)N(C)Cc2ccc(Br)o2)[nH]n1. The highest BCUT2D eigenvalue weighted by atomic mass is 79.9. The summed E-state index contributed by atoms with van der Waals surface area (Å²) in [4.78, 5) is 14.1. The molecule has 1 N–H and O–H groups in total. The zero-order valence-electron chi connectivity index (χ0n) is 13.9. The maximum absolute atomic E-state index is 12.6. The van der Waals surface area contributed by atoms with Crippen molar-refractivity contribution in [1.29, 1.82) is 0 Å². The van der Waals surface area contributed by atoms with Gasteiger partial charge in [-0.25, -0.2) is 0 Å². The first kappa shape index (κ1) is 16.5. The lowest BCUT2D eigenvalue weighted by Crippen LogP contribution is -2.26. The number of aromatic amines is 1. The van der Waals surface area contributed by atoms with Crippen molar-refractivity contribution in [3.63, 3.8) is 0 Å². The summed E-state index contributed by atoms with van der Waals surface area (Å²) < 4.78 is 7.89. The van der Waals surface area contributed by atoms with Crippen molar-refractivity contribution in [1.82, 2.24) is 24.9 Å². The lowest BCUT2D eigenvalue weighted by Gasteiger charge is -2.14. The van der Waals surface area contributed by atoms with Crippen LogP contribution in [-0.2, 0) is 13.6 Å². The molecule has 24 heavy (non-hydrogen) atoms. The first-order valence-corrected chi connectivity index (χ1v) is 8.21. The van der Waals surface area contributed by atoms with E-state index in [1.807, 2.05) is 31.6 Å². The van der Waals surface area contributed by atoms with E-state index in [0.717, 1.165) is 22.6 Å². The van der Waals surface area contributed by atoms with Crippen LogP contribution in [-0.4, -0.2) is 37.8 Å². The van der Waals surface area contributed by atoms with E-state index in [0.29, 0.717) is 22.7 Å². The standard InChI is InChI=1S/C16H18BrN5O2/c1-9-15(10(2)22(4)20-9)12-7-13(19-18-12)16(23)21(3)8-11-5-6-14(17)24-11/h5-7H,8H2,1-4H3,(H,18,19). The largest absolute Gasteiger partial charge is 0.452 e.